The van der Waals surface area contributed by atoms with Gasteiger partial charge < -0.3 is 9.84 Å². The van der Waals surface area contributed by atoms with E-state index in [9.17, 15) is 9.59 Å². The largest absolute Gasteiger partial charge is 0.511 e. The van der Waals surface area contributed by atoms with Gasteiger partial charge >= 0.3 is 6.16 Å². The molecule has 2 rings (SSSR count). The summed E-state index contributed by atoms with van der Waals surface area (Å²) in [4.78, 5) is 22.9. The highest BCUT2D eigenvalue weighted by molar-refractivity contribution is 6.31. The Morgan fingerprint density at radius 1 is 1.05 bits per heavy atom. The van der Waals surface area contributed by atoms with E-state index in [2.05, 4.69) is 4.74 Å². The van der Waals surface area contributed by atoms with Crippen molar-refractivity contribution in [3.63, 3.8) is 0 Å². The maximum Gasteiger partial charge on any atom is 0.511 e. The highest BCUT2D eigenvalue weighted by Crippen LogP contribution is 2.26. The van der Waals surface area contributed by atoms with Gasteiger partial charge in [0.05, 0.1) is 5.56 Å². The second kappa shape index (κ2) is 5.54. The summed E-state index contributed by atoms with van der Waals surface area (Å²) < 4.78 is 4.58. The summed E-state index contributed by atoms with van der Waals surface area (Å²) in [5.74, 6) is -0.401. The third-order valence-corrected chi connectivity index (χ3v) is 2.66. The minimum Gasteiger partial charge on any atom is -0.449 e. The third kappa shape index (κ3) is 3.11. The molecule has 0 unspecified atom stereocenters. The zero-order valence-corrected chi connectivity index (χ0v) is 10.4. The van der Waals surface area contributed by atoms with Gasteiger partial charge in [0, 0.05) is 16.7 Å². The molecule has 0 amide bonds. The molecule has 0 radical (unpaired) electrons. The summed E-state index contributed by atoms with van der Waals surface area (Å²) in [5.41, 5.74) is 0.595. The van der Waals surface area contributed by atoms with E-state index >= 15 is 0 Å². The normalized spacial score (nSPS) is 9.95. The second-order valence-corrected chi connectivity index (χ2v) is 4.14. The molecule has 2 aromatic rings. The number of benzene rings is 2. The molecule has 0 aliphatic heterocycles. The fourth-order valence-electron chi connectivity index (χ4n) is 1.61. The first-order valence-corrected chi connectivity index (χ1v) is 5.76. The van der Waals surface area contributed by atoms with Gasteiger partial charge in [-0.15, -0.1) is 0 Å². The quantitative estimate of drug-likeness (QED) is 0.528. The van der Waals surface area contributed by atoms with Crippen LogP contribution >= 0.6 is 11.6 Å². The van der Waals surface area contributed by atoms with E-state index in [4.69, 9.17) is 16.7 Å². The van der Waals surface area contributed by atoms with Gasteiger partial charge in [0.1, 0.15) is 5.75 Å². The van der Waals surface area contributed by atoms with Crippen LogP contribution in [0.2, 0.25) is 5.02 Å². The van der Waals surface area contributed by atoms with Gasteiger partial charge in [-0.1, -0.05) is 41.9 Å². The summed E-state index contributed by atoms with van der Waals surface area (Å²) in [6.07, 6.45) is -1.50. The van der Waals surface area contributed by atoms with E-state index in [1.165, 1.54) is 18.2 Å². The van der Waals surface area contributed by atoms with E-state index in [-0.39, 0.29) is 17.1 Å². The second-order valence-electron chi connectivity index (χ2n) is 3.70. The average molecular weight is 277 g/mol. The maximum absolute atomic E-state index is 12.2. The lowest BCUT2D eigenvalue weighted by atomic mass is 10.0. The Morgan fingerprint density at radius 2 is 1.74 bits per heavy atom. The van der Waals surface area contributed by atoms with E-state index in [1.54, 1.807) is 30.3 Å². The molecule has 0 atom stereocenters. The molecular weight excluding hydrogens is 268 g/mol. The highest BCUT2D eigenvalue weighted by atomic mass is 35.5. The predicted octanol–water partition coefficient (Wildman–Crippen LogP) is 3.63. The number of ketones is 1. The minimum atomic E-state index is -1.50. The molecule has 0 heterocycles. The van der Waals surface area contributed by atoms with Crippen LogP contribution in [0.5, 0.6) is 5.75 Å². The van der Waals surface area contributed by atoms with Crippen LogP contribution in [-0.4, -0.2) is 17.0 Å². The summed E-state index contributed by atoms with van der Waals surface area (Å²) in [6.45, 7) is 0. The highest BCUT2D eigenvalue weighted by Gasteiger charge is 2.16. The van der Waals surface area contributed by atoms with E-state index in [0.717, 1.165) is 0 Å². The Labute approximate surface area is 114 Å². The Bertz CT molecular complexity index is 623. The minimum absolute atomic E-state index is 0.0751. The summed E-state index contributed by atoms with van der Waals surface area (Å²) >= 11 is 5.77. The summed E-state index contributed by atoms with van der Waals surface area (Å²) in [7, 11) is 0. The molecule has 0 fully saturated rings. The number of carbonyl (C=O) groups is 2. The van der Waals surface area contributed by atoms with E-state index in [1.807, 2.05) is 0 Å². The number of ether oxygens (including phenoxy) is 1. The monoisotopic (exact) mass is 276 g/mol. The van der Waals surface area contributed by atoms with Crippen molar-refractivity contribution in [2.45, 2.75) is 0 Å². The van der Waals surface area contributed by atoms with Crippen molar-refractivity contribution in [1.29, 1.82) is 0 Å². The van der Waals surface area contributed by atoms with Crippen LogP contribution in [0, 0.1) is 0 Å². The lowest BCUT2D eigenvalue weighted by molar-refractivity contribution is 0.103. The Balaban J connectivity index is 2.44. The number of hydrogen-bond donors (Lipinski definition) is 1. The SMILES string of the molecule is O=C(O)Oc1cc(Cl)ccc1C(=O)c1ccccc1. The van der Waals surface area contributed by atoms with Gasteiger partial charge in [-0.25, -0.2) is 4.79 Å². The van der Waals surface area contributed by atoms with Crippen molar-refractivity contribution in [1.82, 2.24) is 0 Å². The number of rotatable bonds is 3. The molecule has 0 aliphatic rings. The van der Waals surface area contributed by atoms with E-state index in [0.29, 0.717) is 10.6 Å². The molecule has 1 N–H and O–H groups in total. The molecule has 0 saturated heterocycles. The lowest BCUT2D eigenvalue weighted by Crippen LogP contribution is -2.09. The van der Waals surface area contributed by atoms with Crippen molar-refractivity contribution in [2.75, 3.05) is 0 Å². The zero-order chi connectivity index (χ0) is 13.8. The van der Waals surface area contributed by atoms with Crippen LogP contribution in [0.15, 0.2) is 48.5 Å². The lowest BCUT2D eigenvalue weighted by Gasteiger charge is -2.07. The molecule has 2 aromatic carbocycles. The van der Waals surface area contributed by atoms with Crippen LogP contribution in [0.1, 0.15) is 15.9 Å². The first kappa shape index (κ1) is 13.1. The van der Waals surface area contributed by atoms with Gasteiger partial charge in [-0.05, 0) is 12.1 Å². The van der Waals surface area contributed by atoms with Gasteiger partial charge in [-0.2, -0.15) is 0 Å². The standard InChI is InChI=1S/C14H9ClO4/c15-10-6-7-11(12(8-10)19-14(17)18)13(16)9-4-2-1-3-5-9/h1-8H,(H,17,18). The fraction of sp³-hybridized carbons (Fsp3) is 0. The van der Waals surface area contributed by atoms with Gasteiger partial charge in [-0.3, -0.25) is 4.79 Å². The van der Waals surface area contributed by atoms with E-state index < -0.39 is 6.16 Å². The Kier molecular flexibility index (Phi) is 3.82. The predicted molar refractivity (Wildman–Crippen MR) is 70.0 cm³/mol. The number of carboxylic acid groups (broad SMARTS) is 1. The molecule has 5 heteroatoms. The number of hydrogen-bond acceptors (Lipinski definition) is 3. The van der Waals surface area contributed by atoms with Crippen LogP contribution in [0.4, 0.5) is 4.79 Å². The smallest absolute Gasteiger partial charge is 0.449 e. The van der Waals surface area contributed by atoms with Crippen LogP contribution < -0.4 is 4.74 Å². The number of halogens is 1. The first-order valence-electron chi connectivity index (χ1n) is 5.38. The summed E-state index contributed by atoms with van der Waals surface area (Å²) in [6, 6.07) is 12.8. The van der Waals surface area contributed by atoms with Crippen molar-refractivity contribution < 1.29 is 19.4 Å². The summed E-state index contributed by atoms with van der Waals surface area (Å²) in [5, 5.41) is 8.95. The molecule has 0 aromatic heterocycles. The molecule has 0 bridgehead atoms. The van der Waals surface area contributed by atoms with Crippen molar-refractivity contribution in [2.24, 2.45) is 0 Å². The topological polar surface area (TPSA) is 63.6 Å². The van der Waals surface area contributed by atoms with Crippen LogP contribution in [0.3, 0.4) is 0 Å². The molecule has 0 spiro atoms. The van der Waals surface area contributed by atoms with Crippen molar-refractivity contribution >= 4 is 23.5 Å². The van der Waals surface area contributed by atoms with Gasteiger partial charge in [0.25, 0.3) is 0 Å². The molecule has 0 aliphatic carbocycles. The molecule has 4 nitrogen and oxygen atoms in total. The average Bonchev–Trinajstić information content (AvgIpc) is 2.38. The van der Waals surface area contributed by atoms with Crippen LogP contribution in [-0.2, 0) is 0 Å². The molecule has 19 heavy (non-hydrogen) atoms. The van der Waals surface area contributed by atoms with Crippen molar-refractivity contribution in [3.8, 4) is 5.75 Å². The Hall–Kier alpha value is -2.33. The van der Waals surface area contributed by atoms with Crippen LogP contribution in [0.25, 0.3) is 0 Å². The van der Waals surface area contributed by atoms with Gasteiger partial charge in [0.2, 0.25) is 0 Å². The molecule has 0 saturated carbocycles. The van der Waals surface area contributed by atoms with Crippen molar-refractivity contribution in [3.05, 3.63) is 64.7 Å². The first-order chi connectivity index (χ1) is 9.08. The number of carbonyl (C=O) groups excluding carboxylic acids is 1. The Morgan fingerprint density at radius 3 is 2.37 bits per heavy atom. The zero-order valence-electron chi connectivity index (χ0n) is 9.67. The third-order valence-electron chi connectivity index (χ3n) is 2.42. The maximum atomic E-state index is 12.2. The fourth-order valence-corrected chi connectivity index (χ4v) is 1.77. The molecular formula is C14H9ClO4. The van der Waals surface area contributed by atoms with Gasteiger partial charge in [0.15, 0.2) is 5.78 Å². The molecule has 96 valence electrons.